The molecule has 4 heteroatoms. The quantitative estimate of drug-likeness (QED) is 0.244. The molecule has 170 valence electrons. The standard InChI is InChI=1S/C30H33BN3/c1-6-29(3)30(4,7-2)33-21-25(24-17-16-22-12-8-9-13-23(22)20-24)18-19-28(33)34-27-15-11-10-14-26(27)32(5)31(29)34/h8-21H,6-7H2,1-5H3/q+1. The van der Waals surface area contributed by atoms with Crippen molar-refractivity contribution in [3.05, 3.63) is 85.1 Å². The molecule has 0 amide bonds. The number of benzene rings is 3. The highest BCUT2D eigenvalue weighted by molar-refractivity contribution is 6.74. The smallest absolute Gasteiger partial charge is 0.373 e. The van der Waals surface area contributed by atoms with Gasteiger partial charge in [-0.25, -0.2) is 4.57 Å². The van der Waals surface area contributed by atoms with Gasteiger partial charge in [0, 0.05) is 11.6 Å². The van der Waals surface area contributed by atoms with E-state index in [0.29, 0.717) is 0 Å². The average molecular weight is 446 g/mol. The predicted octanol–water partition coefficient (Wildman–Crippen LogP) is 7.18. The summed E-state index contributed by atoms with van der Waals surface area (Å²) in [6, 6.07) is 29.0. The number of anilines is 3. The Balaban J connectivity index is 1.60. The third-order valence-corrected chi connectivity index (χ3v) is 9.14. The number of para-hydroxylation sites is 2. The molecule has 3 heterocycles. The van der Waals surface area contributed by atoms with Gasteiger partial charge in [-0.15, -0.1) is 0 Å². The predicted molar refractivity (Wildman–Crippen MR) is 145 cm³/mol. The normalized spacial score (nSPS) is 23.1. The van der Waals surface area contributed by atoms with Crippen molar-refractivity contribution in [2.24, 2.45) is 0 Å². The van der Waals surface area contributed by atoms with Gasteiger partial charge in [0.05, 0.1) is 17.2 Å². The van der Waals surface area contributed by atoms with Crippen LogP contribution in [0.1, 0.15) is 40.5 Å². The molecule has 3 aromatic carbocycles. The largest absolute Gasteiger partial charge is 0.512 e. The van der Waals surface area contributed by atoms with Crippen LogP contribution in [-0.4, -0.2) is 14.0 Å². The number of hydrogen-bond donors (Lipinski definition) is 0. The molecule has 0 N–H and O–H groups in total. The zero-order chi connectivity index (χ0) is 23.7. The number of aromatic nitrogens is 1. The Morgan fingerprint density at radius 1 is 0.765 bits per heavy atom. The van der Waals surface area contributed by atoms with Gasteiger partial charge in [-0.2, -0.15) is 0 Å². The number of nitrogens with zero attached hydrogens (tertiary/aromatic N) is 3. The maximum atomic E-state index is 2.59. The summed E-state index contributed by atoms with van der Waals surface area (Å²) in [5.74, 6) is 1.28. The molecule has 4 aromatic rings. The van der Waals surface area contributed by atoms with Crippen molar-refractivity contribution in [1.82, 2.24) is 0 Å². The lowest BCUT2D eigenvalue weighted by Crippen LogP contribution is -2.74. The van der Waals surface area contributed by atoms with E-state index in [9.17, 15) is 0 Å². The lowest BCUT2D eigenvalue weighted by Gasteiger charge is -2.51. The molecular weight excluding hydrogens is 413 g/mol. The molecule has 2 aliphatic rings. The monoisotopic (exact) mass is 446 g/mol. The Hall–Kier alpha value is -3.27. The molecule has 0 aliphatic carbocycles. The summed E-state index contributed by atoms with van der Waals surface area (Å²) in [4.78, 5) is 5.09. The van der Waals surface area contributed by atoms with Crippen LogP contribution in [0.3, 0.4) is 0 Å². The van der Waals surface area contributed by atoms with Crippen LogP contribution in [0.5, 0.6) is 0 Å². The summed E-state index contributed by atoms with van der Waals surface area (Å²) in [5, 5.41) is 2.62. The lowest BCUT2D eigenvalue weighted by molar-refractivity contribution is -0.758. The van der Waals surface area contributed by atoms with Crippen LogP contribution in [0, 0.1) is 0 Å². The van der Waals surface area contributed by atoms with E-state index in [-0.39, 0.29) is 17.8 Å². The number of pyridine rings is 1. The first kappa shape index (κ1) is 21.3. The molecule has 6 rings (SSSR count). The second kappa shape index (κ2) is 7.37. The maximum absolute atomic E-state index is 2.59. The van der Waals surface area contributed by atoms with E-state index in [2.05, 4.69) is 134 Å². The summed E-state index contributed by atoms with van der Waals surface area (Å²) in [7, 11) is 2.27. The van der Waals surface area contributed by atoms with Gasteiger partial charge in [0.1, 0.15) is 11.2 Å². The molecule has 0 bridgehead atoms. The van der Waals surface area contributed by atoms with E-state index >= 15 is 0 Å². The average Bonchev–Trinajstić information content (AvgIpc) is 3.19. The fraction of sp³-hybridized carbons (Fsp3) is 0.300. The number of fused-ring (bicyclic) bond motifs is 6. The molecule has 2 atom stereocenters. The zero-order valence-electron chi connectivity index (χ0n) is 20.9. The Bertz CT molecular complexity index is 1420. The van der Waals surface area contributed by atoms with Crippen LogP contribution in [0.25, 0.3) is 21.9 Å². The molecule has 0 fully saturated rings. The molecule has 3 nitrogen and oxygen atoms in total. The molecule has 2 aliphatic heterocycles. The third-order valence-electron chi connectivity index (χ3n) is 9.14. The minimum atomic E-state index is -0.0264. The minimum Gasteiger partial charge on any atom is -0.373 e. The molecule has 0 saturated heterocycles. The van der Waals surface area contributed by atoms with Gasteiger partial charge in [0.2, 0.25) is 0 Å². The fourth-order valence-electron chi connectivity index (χ4n) is 6.68. The van der Waals surface area contributed by atoms with Crippen molar-refractivity contribution < 1.29 is 4.57 Å². The van der Waals surface area contributed by atoms with Crippen molar-refractivity contribution in [3.8, 4) is 11.1 Å². The second-order valence-electron chi connectivity index (χ2n) is 10.4. The van der Waals surface area contributed by atoms with E-state index in [1.54, 1.807) is 0 Å². The van der Waals surface area contributed by atoms with Crippen LogP contribution in [0.15, 0.2) is 85.1 Å². The van der Waals surface area contributed by atoms with Gasteiger partial charge < -0.3 is 4.81 Å². The second-order valence-corrected chi connectivity index (χ2v) is 10.4. The molecule has 0 radical (unpaired) electrons. The fourth-order valence-corrected chi connectivity index (χ4v) is 6.68. The van der Waals surface area contributed by atoms with Gasteiger partial charge in [-0.1, -0.05) is 69.3 Å². The number of rotatable bonds is 3. The van der Waals surface area contributed by atoms with Crippen molar-refractivity contribution in [2.45, 2.75) is 51.4 Å². The molecule has 34 heavy (non-hydrogen) atoms. The molecular formula is C30H33BN3+. The molecule has 0 spiro atoms. The minimum absolute atomic E-state index is 0.0264. The topological polar surface area (TPSA) is 10.4 Å². The van der Waals surface area contributed by atoms with Crippen LogP contribution in [0.4, 0.5) is 17.2 Å². The SMILES string of the molecule is CCC1(C)B2N(C)c3ccccc3N2c2ccc(-c3ccc4ccccc4c3)c[n+]2C1(C)CC. The summed E-state index contributed by atoms with van der Waals surface area (Å²) < 4.78 is 2.59. The first-order valence-electron chi connectivity index (χ1n) is 12.6. The zero-order valence-corrected chi connectivity index (χ0v) is 20.9. The highest BCUT2D eigenvalue weighted by Crippen LogP contribution is 2.59. The highest BCUT2D eigenvalue weighted by Gasteiger charge is 2.69. The van der Waals surface area contributed by atoms with Crippen LogP contribution >= 0.6 is 0 Å². The van der Waals surface area contributed by atoms with Gasteiger partial charge in [-0.05, 0) is 67.4 Å². The van der Waals surface area contributed by atoms with Crippen molar-refractivity contribution in [3.63, 3.8) is 0 Å². The third kappa shape index (κ3) is 2.63. The van der Waals surface area contributed by atoms with E-state index in [0.717, 1.165) is 12.8 Å². The van der Waals surface area contributed by atoms with Crippen LogP contribution < -0.4 is 14.2 Å². The first-order valence-corrected chi connectivity index (χ1v) is 12.6. The van der Waals surface area contributed by atoms with Gasteiger partial charge >= 0.3 is 6.98 Å². The Morgan fingerprint density at radius 3 is 2.18 bits per heavy atom. The highest BCUT2D eigenvalue weighted by atomic mass is 15.4. The summed E-state index contributed by atoms with van der Waals surface area (Å²) >= 11 is 0. The van der Waals surface area contributed by atoms with Crippen molar-refractivity contribution in [2.75, 3.05) is 16.7 Å². The van der Waals surface area contributed by atoms with Gasteiger partial charge in [0.25, 0.3) is 5.82 Å². The summed E-state index contributed by atoms with van der Waals surface area (Å²) in [6.07, 6.45) is 4.59. The van der Waals surface area contributed by atoms with Gasteiger partial charge in [-0.3, -0.25) is 4.81 Å². The maximum Gasteiger partial charge on any atom is 0.512 e. The van der Waals surface area contributed by atoms with E-state index < -0.39 is 0 Å². The van der Waals surface area contributed by atoms with Crippen LogP contribution in [0.2, 0.25) is 5.31 Å². The van der Waals surface area contributed by atoms with E-state index in [1.807, 2.05) is 0 Å². The summed E-state index contributed by atoms with van der Waals surface area (Å²) in [5.41, 5.74) is 5.14. The van der Waals surface area contributed by atoms with E-state index in [4.69, 9.17) is 0 Å². The molecule has 2 unspecified atom stereocenters. The van der Waals surface area contributed by atoms with E-state index in [1.165, 1.54) is 39.1 Å². The van der Waals surface area contributed by atoms with Gasteiger partial charge in [0.15, 0.2) is 0 Å². The number of hydrogen-bond acceptors (Lipinski definition) is 2. The lowest BCUT2D eigenvalue weighted by atomic mass is 9.39. The van der Waals surface area contributed by atoms with Crippen molar-refractivity contribution >= 4 is 34.9 Å². The molecule has 1 aromatic heterocycles. The Labute approximate surface area is 203 Å². The first-order chi connectivity index (χ1) is 16.4. The Morgan fingerprint density at radius 2 is 1.44 bits per heavy atom. The van der Waals surface area contributed by atoms with Crippen LogP contribution in [-0.2, 0) is 5.54 Å². The Kier molecular flexibility index (Phi) is 4.61. The van der Waals surface area contributed by atoms with Crippen molar-refractivity contribution in [1.29, 1.82) is 0 Å². The summed E-state index contributed by atoms with van der Waals surface area (Å²) in [6.45, 7) is 9.96. The molecule has 0 saturated carbocycles.